The number of benzene rings is 1. The van der Waals surface area contributed by atoms with E-state index in [-0.39, 0.29) is 23.9 Å². The average molecular weight is 407 g/mol. The zero-order chi connectivity index (χ0) is 21.7. The van der Waals surface area contributed by atoms with Crippen molar-refractivity contribution in [3.63, 3.8) is 0 Å². The lowest BCUT2D eigenvalue weighted by atomic mass is 9.90. The monoisotopic (exact) mass is 406 g/mol. The summed E-state index contributed by atoms with van der Waals surface area (Å²) >= 11 is 0. The van der Waals surface area contributed by atoms with E-state index in [1.165, 1.54) is 5.56 Å². The van der Waals surface area contributed by atoms with Crippen LogP contribution in [0.5, 0.6) is 0 Å². The molecule has 2 aromatic heterocycles. The van der Waals surface area contributed by atoms with E-state index in [1.807, 2.05) is 38.1 Å². The van der Waals surface area contributed by atoms with E-state index in [1.54, 1.807) is 18.7 Å². The lowest BCUT2D eigenvalue weighted by Crippen LogP contribution is -2.22. The summed E-state index contributed by atoms with van der Waals surface area (Å²) in [6.45, 7) is 10.4. The predicted octanol–water partition coefficient (Wildman–Crippen LogP) is 5.44. The molecular formula is C25H30N2O3. The molecule has 1 unspecified atom stereocenters. The molecule has 1 atom stereocenters. The number of rotatable bonds is 7. The maximum Gasteiger partial charge on any atom is 0.314 e. The second kappa shape index (κ2) is 9.24. The van der Waals surface area contributed by atoms with Crippen molar-refractivity contribution in [3.05, 3.63) is 83.3 Å². The summed E-state index contributed by atoms with van der Waals surface area (Å²) in [6, 6.07) is 12.1. The lowest BCUT2D eigenvalue weighted by Gasteiger charge is -2.21. The summed E-state index contributed by atoms with van der Waals surface area (Å²) < 4.78 is 11.2. The summed E-state index contributed by atoms with van der Waals surface area (Å²) in [7, 11) is 0. The van der Waals surface area contributed by atoms with Crippen LogP contribution in [0, 0.1) is 5.92 Å². The SMILES string of the molecule is CC(C)C(C(=O)OCc1coc(Cc2ccccc2)c1)c1cnc(C(C)(C)C)nc1. The van der Waals surface area contributed by atoms with Gasteiger partial charge in [-0.3, -0.25) is 4.79 Å². The van der Waals surface area contributed by atoms with E-state index in [4.69, 9.17) is 9.15 Å². The van der Waals surface area contributed by atoms with Crippen molar-refractivity contribution in [2.24, 2.45) is 5.92 Å². The Balaban J connectivity index is 1.63. The minimum absolute atomic E-state index is 0.0691. The quantitative estimate of drug-likeness (QED) is 0.489. The van der Waals surface area contributed by atoms with Crippen LogP contribution >= 0.6 is 0 Å². The van der Waals surface area contributed by atoms with Crippen molar-refractivity contribution >= 4 is 5.97 Å². The maximum atomic E-state index is 12.8. The van der Waals surface area contributed by atoms with E-state index in [9.17, 15) is 4.79 Å². The highest BCUT2D eigenvalue weighted by Gasteiger charge is 2.27. The maximum absolute atomic E-state index is 12.8. The molecule has 0 N–H and O–H groups in total. The van der Waals surface area contributed by atoms with Gasteiger partial charge < -0.3 is 9.15 Å². The van der Waals surface area contributed by atoms with Gasteiger partial charge in [-0.1, -0.05) is 65.0 Å². The first-order valence-corrected chi connectivity index (χ1v) is 10.3. The third kappa shape index (κ3) is 5.56. The van der Waals surface area contributed by atoms with Crippen molar-refractivity contribution < 1.29 is 13.9 Å². The topological polar surface area (TPSA) is 65.2 Å². The molecule has 2 heterocycles. The van der Waals surface area contributed by atoms with Gasteiger partial charge in [-0.15, -0.1) is 0 Å². The number of furan rings is 1. The van der Waals surface area contributed by atoms with E-state index in [2.05, 4.69) is 42.9 Å². The standard InChI is InChI=1S/C25H30N2O3/c1-17(2)22(20-13-26-24(27-14-20)25(3,4)5)23(28)30-16-19-12-21(29-15-19)11-18-9-7-6-8-10-18/h6-10,12-15,17,22H,11,16H2,1-5H3. The normalized spacial score (nSPS) is 12.7. The fraction of sp³-hybridized carbons (Fsp3) is 0.400. The minimum Gasteiger partial charge on any atom is -0.469 e. The van der Waals surface area contributed by atoms with Gasteiger partial charge in [0.15, 0.2) is 0 Å². The fourth-order valence-corrected chi connectivity index (χ4v) is 3.31. The number of aromatic nitrogens is 2. The number of nitrogens with zero attached hydrogens (tertiary/aromatic N) is 2. The van der Waals surface area contributed by atoms with Gasteiger partial charge in [-0.2, -0.15) is 0 Å². The largest absolute Gasteiger partial charge is 0.469 e. The van der Waals surface area contributed by atoms with Gasteiger partial charge in [0, 0.05) is 35.4 Å². The molecule has 0 amide bonds. The number of ether oxygens (including phenoxy) is 1. The molecule has 5 heteroatoms. The Morgan fingerprint density at radius 2 is 1.73 bits per heavy atom. The van der Waals surface area contributed by atoms with Crippen LogP contribution in [0.1, 0.15) is 68.8 Å². The van der Waals surface area contributed by atoms with Crippen LogP contribution in [0.25, 0.3) is 0 Å². The number of carbonyl (C=O) groups excluding carboxylic acids is 1. The van der Waals surface area contributed by atoms with Gasteiger partial charge in [0.25, 0.3) is 0 Å². The first-order valence-electron chi connectivity index (χ1n) is 10.3. The van der Waals surface area contributed by atoms with E-state index in [0.717, 1.165) is 22.7 Å². The Morgan fingerprint density at radius 1 is 1.07 bits per heavy atom. The van der Waals surface area contributed by atoms with Crippen molar-refractivity contribution in [2.75, 3.05) is 0 Å². The molecule has 0 fully saturated rings. The van der Waals surface area contributed by atoms with Crippen LogP contribution in [0.4, 0.5) is 0 Å². The molecule has 0 radical (unpaired) electrons. The van der Waals surface area contributed by atoms with Gasteiger partial charge >= 0.3 is 5.97 Å². The zero-order valence-corrected chi connectivity index (χ0v) is 18.4. The van der Waals surface area contributed by atoms with E-state index < -0.39 is 5.92 Å². The van der Waals surface area contributed by atoms with Crippen molar-refractivity contribution in [3.8, 4) is 0 Å². The molecule has 0 aliphatic rings. The lowest BCUT2D eigenvalue weighted by molar-refractivity contribution is -0.148. The summed E-state index contributed by atoms with van der Waals surface area (Å²) in [4.78, 5) is 21.8. The van der Waals surface area contributed by atoms with Crippen molar-refractivity contribution in [1.29, 1.82) is 0 Å². The van der Waals surface area contributed by atoms with Crippen LogP contribution < -0.4 is 0 Å². The summed E-state index contributed by atoms with van der Waals surface area (Å²) in [5.74, 6) is 0.988. The molecule has 0 spiro atoms. The molecule has 3 rings (SSSR count). The molecule has 1 aromatic carbocycles. The molecule has 30 heavy (non-hydrogen) atoms. The first kappa shape index (κ1) is 21.8. The highest BCUT2D eigenvalue weighted by molar-refractivity contribution is 5.78. The van der Waals surface area contributed by atoms with Crippen molar-refractivity contribution in [2.45, 2.75) is 59.0 Å². The highest BCUT2D eigenvalue weighted by atomic mass is 16.5. The molecule has 5 nitrogen and oxygen atoms in total. The predicted molar refractivity (Wildman–Crippen MR) is 116 cm³/mol. The second-order valence-electron chi connectivity index (χ2n) is 9.00. The van der Waals surface area contributed by atoms with Gasteiger partial charge in [0.2, 0.25) is 0 Å². The summed E-state index contributed by atoms with van der Waals surface area (Å²) in [5.41, 5.74) is 2.66. The van der Waals surface area contributed by atoms with Crippen LogP contribution in [-0.2, 0) is 28.0 Å². The van der Waals surface area contributed by atoms with Crippen LogP contribution in [0.3, 0.4) is 0 Å². The highest BCUT2D eigenvalue weighted by Crippen LogP contribution is 2.27. The molecule has 0 aliphatic carbocycles. The molecule has 0 saturated heterocycles. The van der Waals surface area contributed by atoms with Crippen molar-refractivity contribution in [1.82, 2.24) is 9.97 Å². The minimum atomic E-state index is -0.408. The zero-order valence-electron chi connectivity index (χ0n) is 18.4. The molecule has 3 aromatic rings. The fourth-order valence-electron chi connectivity index (χ4n) is 3.31. The van der Waals surface area contributed by atoms with E-state index >= 15 is 0 Å². The third-order valence-corrected chi connectivity index (χ3v) is 4.93. The summed E-state index contributed by atoms with van der Waals surface area (Å²) in [5, 5.41) is 0. The second-order valence-corrected chi connectivity index (χ2v) is 9.00. The van der Waals surface area contributed by atoms with Crippen LogP contribution in [0.15, 0.2) is 59.5 Å². The number of esters is 1. The van der Waals surface area contributed by atoms with Gasteiger partial charge in [-0.05, 0) is 17.5 Å². The smallest absolute Gasteiger partial charge is 0.314 e. The molecular weight excluding hydrogens is 376 g/mol. The van der Waals surface area contributed by atoms with Gasteiger partial charge in [0.1, 0.15) is 18.2 Å². The molecule has 0 bridgehead atoms. The average Bonchev–Trinajstić information content (AvgIpc) is 3.14. The Morgan fingerprint density at radius 3 is 2.33 bits per heavy atom. The third-order valence-electron chi connectivity index (χ3n) is 4.93. The summed E-state index contributed by atoms with van der Waals surface area (Å²) in [6.07, 6.45) is 5.85. The Bertz CT molecular complexity index is 954. The van der Waals surface area contributed by atoms with Gasteiger partial charge in [-0.25, -0.2) is 9.97 Å². The molecule has 158 valence electrons. The number of hydrogen-bond donors (Lipinski definition) is 0. The van der Waals surface area contributed by atoms with Crippen LogP contribution in [-0.4, -0.2) is 15.9 Å². The number of hydrogen-bond acceptors (Lipinski definition) is 5. The number of carbonyl (C=O) groups is 1. The Hall–Kier alpha value is -2.95. The first-order chi connectivity index (χ1) is 14.2. The Kier molecular flexibility index (Phi) is 6.70. The molecule has 0 aliphatic heterocycles. The van der Waals surface area contributed by atoms with Gasteiger partial charge in [0.05, 0.1) is 12.2 Å². The van der Waals surface area contributed by atoms with Crippen LogP contribution in [0.2, 0.25) is 0 Å². The molecule has 0 saturated carbocycles. The Labute approximate surface area is 178 Å². The van der Waals surface area contributed by atoms with E-state index in [0.29, 0.717) is 6.42 Å².